The fourth-order valence-electron chi connectivity index (χ4n) is 2.22. The summed E-state index contributed by atoms with van der Waals surface area (Å²) in [6.45, 7) is 10.5. The Morgan fingerprint density at radius 3 is 2.55 bits per heavy atom. The highest BCUT2D eigenvalue weighted by atomic mass is 28.3. The van der Waals surface area contributed by atoms with Crippen LogP contribution in [0.5, 0.6) is 0 Å². The van der Waals surface area contributed by atoms with E-state index in [-0.39, 0.29) is 0 Å². The Morgan fingerprint density at radius 1 is 1.55 bits per heavy atom. The number of nitrogens with zero attached hydrogens (tertiary/aromatic N) is 1. The van der Waals surface area contributed by atoms with Crippen molar-refractivity contribution in [3.8, 4) is 0 Å². The topological polar surface area (TPSA) is 29.3 Å². The van der Waals surface area contributed by atoms with Gasteiger partial charge in [0.15, 0.2) is 0 Å². The third-order valence-electron chi connectivity index (χ3n) is 2.64. The predicted molar refractivity (Wildman–Crippen MR) is 52.1 cm³/mol. The molecule has 0 bridgehead atoms. The Balaban J connectivity index is 2.51. The van der Waals surface area contributed by atoms with Gasteiger partial charge in [-0.2, -0.15) is 0 Å². The summed E-state index contributed by atoms with van der Waals surface area (Å²) in [7, 11) is -1.00. The average Bonchev–Trinajstić information content (AvgIpc) is 2.07. The Hall–Kier alpha value is 0.137. The van der Waals surface area contributed by atoms with E-state index in [0.717, 1.165) is 19.0 Å². The fraction of sp³-hybridized carbons (Fsp3) is 1.00. The first-order chi connectivity index (χ1) is 5.06. The lowest BCUT2D eigenvalue weighted by Gasteiger charge is -2.28. The van der Waals surface area contributed by atoms with Crippen LogP contribution in [0.3, 0.4) is 0 Å². The summed E-state index contributed by atoms with van der Waals surface area (Å²) in [6.07, 6.45) is 0. The molecule has 2 N–H and O–H groups in total. The third-order valence-corrected chi connectivity index (χ3v) is 6.45. The SMILES string of the molecule is C[C@@H]1CN(CCN)[Si](C)(C)C1. The number of hydrogen-bond donors (Lipinski definition) is 1. The molecular weight excluding hydrogens is 152 g/mol. The molecule has 0 aromatic heterocycles. The summed E-state index contributed by atoms with van der Waals surface area (Å²) < 4.78 is 2.64. The minimum absolute atomic E-state index is 0.823. The molecule has 3 heteroatoms. The lowest BCUT2D eigenvalue weighted by molar-refractivity contribution is 0.426. The van der Waals surface area contributed by atoms with Crippen LogP contribution >= 0.6 is 0 Å². The first-order valence-electron chi connectivity index (χ1n) is 4.51. The standard InChI is InChI=1S/C8H20N2Si/c1-8-6-10(5-4-9)11(2,3)7-8/h8H,4-7,9H2,1-3H3/t8-/m1/s1. The monoisotopic (exact) mass is 172 g/mol. The maximum atomic E-state index is 5.56. The highest BCUT2D eigenvalue weighted by Crippen LogP contribution is 2.29. The van der Waals surface area contributed by atoms with Gasteiger partial charge in [0.1, 0.15) is 8.24 Å². The van der Waals surface area contributed by atoms with Gasteiger partial charge in [-0.05, 0) is 18.5 Å². The molecule has 1 aliphatic rings. The van der Waals surface area contributed by atoms with Crippen LogP contribution in [-0.4, -0.2) is 32.4 Å². The highest BCUT2D eigenvalue weighted by Gasteiger charge is 2.37. The maximum absolute atomic E-state index is 5.56. The molecule has 2 nitrogen and oxygen atoms in total. The number of hydrogen-bond acceptors (Lipinski definition) is 2. The fourth-order valence-corrected chi connectivity index (χ4v) is 5.85. The van der Waals surface area contributed by atoms with Crippen LogP contribution in [0.15, 0.2) is 0 Å². The van der Waals surface area contributed by atoms with Crippen LogP contribution in [0.2, 0.25) is 19.1 Å². The molecule has 1 atom stereocenters. The number of nitrogens with two attached hydrogens (primary N) is 1. The Labute approximate surface area is 70.8 Å². The highest BCUT2D eigenvalue weighted by molar-refractivity contribution is 6.75. The van der Waals surface area contributed by atoms with Gasteiger partial charge in [-0.3, -0.25) is 0 Å². The third kappa shape index (κ3) is 2.04. The lowest BCUT2D eigenvalue weighted by atomic mass is 10.2. The van der Waals surface area contributed by atoms with Gasteiger partial charge < -0.3 is 10.3 Å². The number of rotatable bonds is 2. The van der Waals surface area contributed by atoms with E-state index in [4.69, 9.17) is 5.73 Å². The van der Waals surface area contributed by atoms with E-state index in [1.165, 1.54) is 12.6 Å². The second-order valence-electron chi connectivity index (χ2n) is 4.36. The van der Waals surface area contributed by atoms with Crippen molar-refractivity contribution in [2.24, 2.45) is 11.7 Å². The predicted octanol–water partition coefficient (Wildman–Crippen LogP) is 1.10. The molecule has 1 heterocycles. The van der Waals surface area contributed by atoms with Crippen LogP contribution in [0, 0.1) is 5.92 Å². The molecule has 0 radical (unpaired) electrons. The molecule has 0 amide bonds. The molecule has 0 unspecified atom stereocenters. The Kier molecular flexibility index (Phi) is 2.73. The van der Waals surface area contributed by atoms with Crippen molar-refractivity contribution in [2.75, 3.05) is 19.6 Å². The van der Waals surface area contributed by atoms with E-state index in [1.54, 1.807) is 0 Å². The molecule has 0 aromatic carbocycles. The van der Waals surface area contributed by atoms with E-state index in [9.17, 15) is 0 Å². The normalized spacial score (nSPS) is 31.1. The average molecular weight is 172 g/mol. The van der Waals surface area contributed by atoms with E-state index < -0.39 is 8.24 Å². The van der Waals surface area contributed by atoms with Crippen LogP contribution in [-0.2, 0) is 0 Å². The van der Waals surface area contributed by atoms with Gasteiger partial charge in [-0.15, -0.1) is 0 Å². The molecule has 1 saturated heterocycles. The van der Waals surface area contributed by atoms with Gasteiger partial charge in [-0.25, -0.2) is 0 Å². The van der Waals surface area contributed by atoms with E-state index >= 15 is 0 Å². The van der Waals surface area contributed by atoms with E-state index in [2.05, 4.69) is 24.6 Å². The van der Waals surface area contributed by atoms with Crippen molar-refractivity contribution in [1.29, 1.82) is 0 Å². The Morgan fingerprint density at radius 2 is 2.18 bits per heavy atom. The van der Waals surface area contributed by atoms with Crippen LogP contribution in [0.4, 0.5) is 0 Å². The van der Waals surface area contributed by atoms with Crippen LogP contribution < -0.4 is 5.73 Å². The molecule has 1 fully saturated rings. The molecule has 66 valence electrons. The van der Waals surface area contributed by atoms with E-state index in [0.29, 0.717) is 0 Å². The zero-order chi connectivity index (χ0) is 8.48. The zero-order valence-corrected chi connectivity index (χ0v) is 8.93. The van der Waals surface area contributed by atoms with Crippen molar-refractivity contribution < 1.29 is 0 Å². The Bertz CT molecular complexity index is 136. The molecule has 1 aliphatic heterocycles. The molecule has 0 aromatic rings. The van der Waals surface area contributed by atoms with E-state index in [1.807, 2.05) is 0 Å². The van der Waals surface area contributed by atoms with Gasteiger partial charge in [0, 0.05) is 13.1 Å². The first-order valence-corrected chi connectivity index (χ1v) is 7.67. The van der Waals surface area contributed by atoms with Gasteiger partial charge in [-0.1, -0.05) is 20.0 Å². The summed E-state index contributed by atoms with van der Waals surface area (Å²) in [4.78, 5) is 0. The van der Waals surface area contributed by atoms with Crippen molar-refractivity contribution >= 4 is 8.24 Å². The van der Waals surface area contributed by atoms with Gasteiger partial charge in [0.25, 0.3) is 0 Å². The molecule has 0 saturated carbocycles. The zero-order valence-electron chi connectivity index (χ0n) is 7.93. The molecule has 11 heavy (non-hydrogen) atoms. The lowest BCUT2D eigenvalue weighted by Crippen LogP contribution is -2.45. The first kappa shape index (κ1) is 9.23. The van der Waals surface area contributed by atoms with Gasteiger partial charge >= 0.3 is 0 Å². The smallest absolute Gasteiger partial charge is 0.122 e. The maximum Gasteiger partial charge on any atom is 0.122 e. The molecule has 0 spiro atoms. The van der Waals surface area contributed by atoms with Crippen LogP contribution in [0.25, 0.3) is 0 Å². The van der Waals surface area contributed by atoms with Crippen LogP contribution in [0.1, 0.15) is 6.92 Å². The van der Waals surface area contributed by atoms with Crippen molar-refractivity contribution in [1.82, 2.24) is 4.57 Å². The summed E-state index contributed by atoms with van der Waals surface area (Å²) in [5.74, 6) is 0.906. The molecule has 1 rings (SSSR count). The quantitative estimate of drug-likeness (QED) is 0.632. The molecular formula is C8H20N2Si. The van der Waals surface area contributed by atoms with Crippen molar-refractivity contribution in [3.63, 3.8) is 0 Å². The summed E-state index contributed by atoms with van der Waals surface area (Å²) in [6, 6.07) is 1.45. The summed E-state index contributed by atoms with van der Waals surface area (Å²) >= 11 is 0. The van der Waals surface area contributed by atoms with Crippen molar-refractivity contribution in [2.45, 2.75) is 26.1 Å². The molecule has 0 aliphatic carbocycles. The minimum Gasteiger partial charge on any atom is -0.329 e. The second kappa shape index (κ2) is 3.25. The van der Waals surface area contributed by atoms with Gasteiger partial charge in [0.05, 0.1) is 0 Å². The largest absolute Gasteiger partial charge is 0.329 e. The van der Waals surface area contributed by atoms with Gasteiger partial charge in [0.2, 0.25) is 0 Å². The van der Waals surface area contributed by atoms with Crippen molar-refractivity contribution in [3.05, 3.63) is 0 Å². The summed E-state index contributed by atoms with van der Waals surface area (Å²) in [5.41, 5.74) is 5.56. The minimum atomic E-state index is -1.00. The second-order valence-corrected chi connectivity index (χ2v) is 9.02. The summed E-state index contributed by atoms with van der Waals surface area (Å²) in [5, 5.41) is 0.